The molecular formula is C15H23NO2. The quantitative estimate of drug-likeness (QED) is 0.893. The van der Waals surface area contributed by atoms with Gasteiger partial charge in [0.1, 0.15) is 0 Å². The van der Waals surface area contributed by atoms with E-state index in [0.29, 0.717) is 11.2 Å². The van der Waals surface area contributed by atoms with E-state index < -0.39 is 0 Å². The molecule has 0 saturated carbocycles. The molecule has 3 heteroatoms. The fourth-order valence-corrected chi connectivity index (χ4v) is 2.76. The van der Waals surface area contributed by atoms with E-state index in [0.717, 1.165) is 19.6 Å². The smallest absolute Gasteiger partial charge is 0.160 e. The molecule has 1 aromatic carbocycles. The number of hydrogen-bond donors (Lipinski definition) is 1. The van der Waals surface area contributed by atoms with Crippen LogP contribution in [0.4, 0.5) is 0 Å². The maximum Gasteiger partial charge on any atom is 0.160 e. The summed E-state index contributed by atoms with van der Waals surface area (Å²) in [5.41, 5.74) is 1.61. The summed E-state index contributed by atoms with van der Waals surface area (Å²) in [5.74, 6) is 0.768. The third-order valence-electron chi connectivity index (χ3n) is 3.63. The van der Waals surface area contributed by atoms with Gasteiger partial charge in [-0.15, -0.1) is 0 Å². The molecule has 3 nitrogen and oxygen atoms in total. The highest BCUT2D eigenvalue weighted by Gasteiger charge is 2.26. The van der Waals surface area contributed by atoms with Gasteiger partial charge in [0.05, 0.1) is 7.11 Å². The van der Waals surface area contributed by atoms with Crippen molar-refractivity contribution >= 4 is 0 Å². The van der Waals surface area contributed by atoms with Crippen LogP contribution in [-0.2, 0) is 6.54 Å². The third-order valence-corrected chi connectivity index (χ3v) is 3.63. The molecule has 1 saturated heterocycles. The summed E-state index contributed by atoms with van der Waals surface area (Å²) in [5, 5.41) is 9.59. The van der Waals surface area contributed by atoms with Crippen LogP contribution in [0, 0.1) is 5.41 Å². The summed E-state index contributed by atoms with van der Waals surface area (Å²) in [6, 6.07) is 5.61. The van der Waals surface area contributed by atoms with Crippen molar-refractivity contribution in [2.24, 2.45) is 5.41 Å². The second kappa shape index (κ2) is 5.19. The number of likely N-dealkylation sites (tertiary alicyclic amines) is 1. The molecule has 0 spiro atoms. The van der Waals surface area contributed by atoms with Gasteiger partial charge in [0, 0.05) is 13.1 Å². The molecule has 0 radical (unpaired) electrons. The number of hydrogen-bond acceptors (Lipinski definition) is 3. The van der Waals surface area contributed by atoms with Gasteiger partial charge in [-0.25, -0.2) is 0 Å². The SMILES string of the molecule is COc1cc(CN2CCCC(C)(C)C2)ccc1O. The van der Waals surface area contributed by atoms with Gasteiger partial charge in [-0.1, -0.05) is 19.9 Å². The van der Waals surface area contributed by atoms with Gasteiger partial charge in [-0.05, 0) is 42.5 Å². The zero-order valence-corrected chi connectivity index (χ0v) is 11.6. The van der Waals surface area contributed by atoms with Crippen molar-refractivity contribution in [3.63, 3.8) is 0 Å². The first-order chi connectivity index (χ1) is 8.50. The Bertz CT molecular complexity index is 415. The highest BCUT2D eigenvalue weighted by molar-refractivity contribution is 5.41. The zero-order chi connectivity index (χ0) is 13.2. The van der Waals surface area contributed by atoms with Crippen molar-refractivity contribution in [3.05, 3.63) is 23.8 Å². The van der Waals surface area contributed by atoms with Crippen LogP contribution in [-0.4, -0.2) is 30.2 Å². The van der Waals surface area contributed by atoms with Gasteiger partial charge < -0.3 is 9.84 Å². The highest BCUT2D eigenvalue weighted by Crippen LogP contribution is 2.31. The van der Waals surface area contributed by atoms with Crippen molar-refractivity contribution in [1.82, 2.24) is 4.90 Å². The molecule has 0 aromatic heterocycles. The average molecular weight is 249 g/mol. The van der Waals surface area contributed by atoms with Crippen LogP contribution < -0.4 is 4.74 Å². The normalized spacial score (nSPS) is 19.7. The maximum absolute atomic E-state index is 9.59. The molecule has 0 atom stereocenters. The predicted molar refractivity (Wildman–Crippen MR) is 73.0 cm³/mol. The number of nitrogens with zero attached hydrogens (tertiary/aromatic N) is 1. The largest absolute Gasteiger partial charge is 0.504 e. The first-order valence-electron chi connectivity index (χ1n) is 6.58. The Morgan fingerprint density at radius 3 is 2.83 bits per heavy atom. The Labute approximate surface area is 109 Å². The monoisotopic (exact) mass is 249 g/mol. The molecular weight excluding hydrogens is 226 g/mol. The van der Waals surface area contributed by atoms with Crippen LogP contribution in [0.15, 0.2) is 18.2 Å². The molecule has 0 aliphatic carbocycles. The molecule has 0 bridgehead atoms. The minimum Gasteiger partial charge on any atom is -0.504 e. The summed E-state index contributed by atoms with van der Waals surface area (Å²) in [6.07, 6.45) is 2.57. The number of methoxy groups -OCH3 is 1. The molecule has 100 valence electrons. The van der Waals surface area contributed by atoms with E-state index in [1.165, 1.54) is 18.4 Å². The Hall–Kier alpha value is -1.22. The fourth-order valence-electron chi connectivity index (χ4n) is 2.76. The van der Waals surface area contributed by atoms with Gasteiger partial charge in [-0.2, -0.15) is 0 Å². The Morgan fingerprint density at radius 2 is 2.17 bits per heavy atom. The molecule has 0 unspecified atom stereocenters. The lowest BCUT2D eigenvalue weighted by molar-refractivity contribution is 0.111. The van der Waals surface area contributed by atoms with Crippen LogP contribution >= 0.6 is 0 Å². The van der Waals surface area contributed by atoms with Gasteiger partial charge in [0.15, 0.2) is 11.5 Å². The van der Waals surface area contributed by atoms with E-state index in [-0.39, 0.29) is 5.75 Å². The molecule has 2 rings (SSSR count). The summed E-state index contributed by atoms with van der Waals surface area (Å²) in [4.78, 5) is 2.48. The van der Waals surface area contributed by atoms with Crippen LogP contribution in [0.2, 0.25) is 0 Å². The van der Waals surface area contributed by atoms with Crippen LogP contribution in [0.1, 0.15) is 32.3 Å². The lowest BCUT2D eigenvalue weighted by atomic mass is 9.84. The van der Waals surface area contributed by atoms with E-state index in [1.54, 1.807) is 13.2 Å². The second-order valence-corrected chi connectivity index (χ2v) is 5.98. The summed E-state index contributed by atoms with van der Waals surface area (Å²) >= 11 is 0. The molecule has 1 N–H and O–H groups in total. The number of phenols is 1. The summed E-state index contributed by atoms with van der Waals surface area (Å²) in [7, 11) is 1.59. The number of aromatic hydroxyl groups is 1. The molecule has 18 heavy (non-hydrogen) atoms. The molecule has 0 amide bonds. The minimum atomic E-state index is 0.209. The standard InChI is InChI=1S/C15H23NO2/c1-15(2)7-4-8-16(11-15)10-12-5-6-13(17)14(9-12)18-3/h5-6,9,17H,4,7-8,10-11H2,1-3H3. The molecule has 1 aromatic rings. The molecule has 1 aliphatic heterocycles. The van der Waals surface area contributed by atoms with Crippen molar-refractivity contribution in [2.45, 2.75) is 33.2 Å². The zero-order valence-electron chi connectivity index (χ0n) is 11.6. The van der Waals surface area contributed by atoms with Crippen LogP contribution in [0.5, 0.6) is 11.5 Å². The van der Waals surface area contributed by atoms with Gasteiger partial charge in [0.25, 0.3) is 0 Å². The lowest BCUT2D eigenvalue weighted by Crippen LogP contribution is -2.39. The summed E-state index contributed by atoms with van der Waals surface area (Å²) < 4.78 is 5.15. The van der Waals surface area contributed by atoms with Crippen molar-refractivity contribution < 1.29 is 9.84 Å². The fraction of sp³-hybridized carbons (Fsp3) is 0.600. The minimum absolute atomic E-state index is 0.209. The van der Waals surface area contributed by atoms with E-state index >= 15 is 0 Å². The number of piperidine rings is 1. The highest BCUT2D eigenvalue weighted by atomic mass is 16.5. The molecule has 1 fully saturated rings. The molecule has 1 aliphatic rings. The first-order valence-corrected chi connectivity index (χ1v) is 6.58. The Kier molecular flexibility index (Phi) is 3.81. The number of rotatable bonds is 3. The lowest BCUT2D eigenvalue weighted by Gasteiger charge is -2.38. The van der Waals surface area contributed by atoms with Crippen molar-refractivity contribution in [1.29, 1.82) is 0 Å². The van der Waals surface area contributed by atoms with Crippen LogP contribution in [0.3, 0.4) is 0 Å². The van der Waals surface area contributed by atoms with Gasteiger partial charge in [0.2, 0.25) is 0 Å². The van der Waals surface area contributed by atoms with Gasteiger partial charge in [-0.3, -0.25) is 4.90 Å². The Balaban J connectivity index is 2.05. The summed E-state index contributed by atoms with van der Waals surface area (Å²) in [6.45, 7) is 7.88. The number of phenolic OH excluding ortho intramolecular Hbond substituents is 1. The van der Waals surface area contributed by atoms with Crippen molar-refractivity contribution in [3.8, 4) is 11.5 Å². The maximum atomic E-state index is 9.59. The van der Waals surface area contributed by atoms with E-state index in [4.69, 9.17) is 4.74 Å². The molecule has 1 heterocycles. The van der Waals surface area contributed by atoms with E-state index in [2.05, 4.69) is 18.7 Å². The Morgan fingerprint density at radius 1 is 1.39 bits per heavy atom. The van der Waals surface area contributed by atoms with Crippen LogP contribution in [0.25, 0.3) is 0 Å². The number of ether oxygens (including phenoxy) is 1. The van der Waals surface area contributed by atoms with E-state index in [9.17, 15) is 5.11 Å². The average Bonchev–Trinajstić information content (AvgIpc) is 2.30. The predicted octanol–water partition coefficient (Wildman–Crippen LogP) is 3.02. The third kappa shape index (κ3) is 3.16. The second-order valence-electron chi connectivity index (χ2n) is 5.98. The number of benzene rings is 1. The topological polar surface area (TPSA) is 32.7 Å². The first kappa shape index (κ1) is 13.2. The van der Waals surface area contributed by atoms with Crippen molar-refractivity contribution in [2.75, 3.05) is 20.2 Å². The van der Waals surface area contributed by atoms with E-state index in [1.807, 2.05) is 12.1 Å². The van der Waals surface area contributed by atoms with Gasteiger partial charge >= 0.3 is 0 Å².